The Kier molecular flexibility index (Phi) is 4.76. The van der Waals surface area contributed by atoms with Crippen LogP contribution in [-0.4, -0.2) is 28.5 Å². The molecule has 0 saturated heterocycles. The lowest BCUT2D eigenvalue weighted by atomic mass is 10.2. The Morgan fingerprint density at radius 2 is 2.25 bits per heavy atom. The van der Waals surface area contributed by atoms with Gasteiger partial charge >= 0.3 is 0 Å². The Morgan fingerprint density at radius 3 is 2.90 bits per heavy atom. The highest BCUT2D eigenvalue weighted by Crippen LogP contribution is 2.33. The minimum absolute atomic E-state index is 0.00958. The smallest absolute Gasteiger partial charge is 0.293 e. The van der Waals surface area contributed by atoms with Gasteiger partial charge in [0, 0.05) is 37.9 Å². The van der Waals surface area contributed by atoms with Crippen LogP contribution in [0.1, 0.15) is 39.2 Å². The average Bonchev–Trinajstić information content (AvgIpc) is 3.23. The van der Waals surface area contributed by atoms with Gasteiger partial charge in [-0.2, -0.15) is 0 Å². The van der Waals surface area contributed by atoms with Gasteiger partial charge in [0.05, 0.1) is 0 Å². The van der Waals surface area contributed by atoms with Gasteiger partial charge in [-0.15, -0.1) is 0 Å². The summed E-state index contributed by atoms with van der Waals surface area (Å²) in [4.78, 5) is 27.7. The fraction of sp³-hybridized carbons (Fsp3) is 0.643. The van der Waals surface area contributed by atoms with Crippen molar-refractivity contribution < 1.29 is 4.79 Å². The number of nitrogens with one attached hydrogen (secondary N) is 2. The number of aromatic nitrogens is 2. The first-order valence-corrected chi connectivity index (χ1v) is 7.15. The summed E-state index contributed by atoms with van der Waals surface area (Å²) in [7, 11) is 0. The van der Waals surface area contributed by atoms with Crippen LogP contribution in [0.5, 0.6) is 0 Å². The minimum Gasteiger partial charge on any atom is -0.365 e. The SMILES string of the molecule is CC(C)CNC(=O)CCNc1nccn(C2CC2)c1=O. The second kappa shape index (κ2) is 6.54. The molecule has 1 saturated carbocycles. The van der Waals surface area contributed by atoms with Crippen LogP contribution in [0.3, 0.4) is 0 Å². The number of rotatable bonds is 7. The third kappa shape index (κ3) is 4.08. The van der Waals surface area contributed by atoms with E-state index in [0.717, 1.165) is 12.8 Å². The molecule has 0 atom stereocenters. The Bertz CT molecular complexity index is 520. The largest absolute Gasteiger partial charge is 0.365 e. The molecule has 1 aliphatic carbocycles. The number of amides is 1. The summed E-state index contributed by atoms with van der Waals surface area (Å²) >= 11 is 0. The van der Waals surface area contributed by atoms with Crippen molar-refractivity contribution in [2.24, 2.45) is 5.92 Å². The monoisotopic (exact) mass is 278 g/mol. The molecule has 0 aliphatic heterocycles. The first-order chi connectivity index (χ1) is 9.58. The highest BCUT2D eigenvalue weighted by atomic mass is 16.1. The molecule has 1 aromatic rings. The Labute approximate surface area is 118 Å². The van der Waals surface area contributed by atoms with Crippen molar-refractivity contribution in [1.82, 2.24) is 14.9 Å². The van der Waals surface area contributed by atoms with Gasteiger partial charge in [-0.25, -0.2) is 4.98 Å². The summed E-state index contributed by atoms with van der Waals surface area (Å²) in [5.41, 5.74) is -0.0995. The number of hydrogen-bond donors (Lipinski definition) is 2. The average molecular weight is 278 g/mol. The third-order valence-electron chi connectivity index (χ3n) is 3.16. The molecule has 0 bridgehead atoms. The molecule has 1 aromatic heterocycles. The van der Waals surface area contributed by atoms with Crippen LogP contribution in [0.4, 0.5) is 5.82 Å². The molecule has 6 nitrogen and oxygen atoms in total. The van der Waals surface area contributed by atoms with Gasteiger partial charge in [0.2, 0.25) is 5.91 Å². The van der Waals surface area contributed by atoms with Crippen LogP contribution in [0.25, 0.3) is 0 Å². The van der Waals surface area contributed by atoms with E-state index in [0.29, 0.717) is 37.3 Å². The third-order valence-corrected chi connectivity index (χ3v) is 3.16. The van der Waals surface area contributed by atoms with Crippen LogP contribution < -0.4 is 16.2 Å². The molecule has 1 amide bonds. The normalized spacial score (nSPS) is 14.3. The van der Waals surface area contributed by atoms with Gasteiger partial charge < -0.3 is 15.2 Å². The van der Waals surface area contributed by atoms with Gasteiger partial charge in [-0.05, 0) is 18.8 Å². The topological polar surface area (TPSA) is 76.0 Å². The predicted molar refractivity (Wildman–Crippen MR) is 77.7 cm³/mol. The van der Waals surface area contributed by atoms with Crippen LogP contribution in [0.2, 0.25) is 0 Å². The summed E-state index contributed by atoms with van der Waals surface area (Å²) < 4.78 is 1.72. The van der Waals surface area contributed by atoms with E-state index < -0.39 is 0 Å². The lowest BCUT2D eigenvalue weighted by Crippen LogP contribution is -2.30. The Morgan fingerprint density at radius 1 is 1.50 bits per heavy atom. The maximum absolute atomic E-state index is 12.1. The molecular formula is C14H22N4O2. The van der Waals surface area contributed by atoms with E-state index in [-0.39, 0.29) is 11.5 Å². The van der Waals surface area contributed by atoms with Crippen molar-refractivity contribution in [1.29, 1.82) is 0 Å². The zero-order chi connectivity index (χ0) is 14.5. The highest BCUT2D eigenvalue weighted by Gasteiger charge is 2.25. The standard InChI is InChI=1S/C14H22N4O2/c1-10(2)9-17-12(19)5-6-15-13-14(20)18(8-7-16-13)11-3-4-11/h7-8,10-11H,3-6,9H2,1-2H3,(H,15,16)(H,17,19). The fourth-order valence-corrected chi connectivity index (χ4v) is 1.89. The molecule has 1 aliphatic rings. The van der Waals surface area contributed by atoms with Gasteiger partial charge in [0.25, 0.3) is 5.56 Å². The summed E-state index contributed by atoms with van der Waals surface area (Å²) in [5.74, 6) is 0.758. The molecular weight excluding hydrogens is 256 g/mol. The minimum atomic E-state index is -0.0995. The number of anilines is 1. The summed E-state index contributed by atoms with van der Waals surface area (Å²) in [5, 5.41) is 5.79. The van der Waals surface area contributed by atoms with E-state index in [2.05, 4.69) is 15.6 Å². The molecule has 0 spiro atoms. The highest BCUT2D eigenvalue weighted by molar-refractivity contribution is 5.76. The summed E-state index contributed by atoms with van der Waals surface area (Å²) in [6.07, 6.45) is 5.80. The van der Waals surface area contributed by atoms with E-state index in [1.165, 1.54) is 0 Å². The molecule has 0 aromatic carbocycles. The molecule has 2 rings (SSSR count). The van der Waals surface area contributed by atoms with E-state index in [9.17, 15) is 9.59 Å². The van der Waals surface area contributed by atoms with Crippen LogP contribution >= 0.6 is 0 Å². The predicted octanol–water partition coefficient (Wildman–Crippen LogP) is 1.15. The van der Waals surface area contributed by atoms with Gasteiger partial charge in [0.15, 0.2) is 5.82 Å². The lowest BCUT2D eigenvalue weighted by Gasteiger charge is -2.09. The van der Waals surface area contributed by atoms with Crippen molar-refractivity contribution >= 4 is 11.7 Å². The molecule has 1 fully saturated rings. The Hall–Kier alpha value is -1.85. The van der Waals surface area contributed by atoms with E-state index in [4.69, 9.17) is 0 Å². The molecule has 0 unspecified atom stereocenters. The molecule has 20 heavy (non-hydrogen) atoms. The second-order valence-corrected chi connectivity index (χ2v) is 5.59. The maximum atomic E-state index is 12.1. The van der Waals surface area contributed by atoms with E-state index in [1.807, 2.05) is 13.8 Å². The molecule has 0 radical (unpaired) electrons. The quantitative estimate of drug-likeness (QED) is 0.784. The number of hydrogen-bond acceptors (Lipinski definition) is 4. The van der Waals surface area contributed by atoms with Crippen LogP contribution in [0, 0.1) is 5.92 Å². The van der Waals surface area contributed by atoms with Crippen molar-refractivity contribution in [3.05, 3.63) is 22.7 Å². The molecule has 1 heterocycles. The fourth-order valence-electron chi connectivity index (χ4n) is 1.89. The summed E-state index contributed by atoms with van der Waals surface area (Å²) in [6.45, 7) is 5.19. The number of nitrogens with zero attached hydrogens (tertiary/aromatic N) is 2. The van der Waals surface area contributed by atoms with E-state index in [1.54, 1.807) is 17.0 Å². The van der Waals surface area contributed by atoms with Gasteiger partial charge in [0.1, 0.15) is 0 Å². The number of carbonyl (C=O) groups is 1. The van der Waals surface area contributed by atoms with Crippen molar-refractivity contribution in [3.8, 4) is 0 Å². The van der Waals surface area contributed by atoms with Crippen molar-refractivity contribution in [2.45, 2.75) is 39.2 Å². The van der Waals surface area contributed by atoms with Crippen LogP contribution in [-0.2, 0) is 4.79 Å². The summed E-state index contributed by atoms with van der Waals surface area (Å²) in [6, 6.07) is 0.334. The van der Waals surface area contributed by atoms with Gasteiger partial charge in [-0.3, -0.25) is 9.59 Å². The lowest BCUT2D eigenvalue weighted by molar-refractivity contribution is -0.120. The van der Waals surface area contributed by atoms with Crippen molar-refractivity contribution in [3.63, 3.8) is 0 Å². The molecule has 6 heteroatoms. The zero-order valence-corrected chi connectivity index (χ0v) is 12.1. The van der Waals surface area contributed by atoms with Crippen LogP contribution in [0.15, 0.2) is 17.2 Å². The van der Waals surface area contributed by atoms with Gasteiger partial charge in [-0.1, -0.05) is 13.8 Å². The second-order valence-electron chi connectivity index (χ2n) is 5.59. The zero-order valence-electron chi connectivity index (χ0n) is 12.1. The van der Waals surface area contributed by atoms with Crippen molar-refractivity contribution in [2.75, 3.05) is 18.4 Å². The first kappa shape index (κ1) is 14.6. The van der Waals surface area contributed by atoms with E-state index >= 15 is 0 Å². The molecule has 110 valence electrons. The number of carbonyl (C=O) groups excluding carboxylic acids is 1. The first-order valence-electron chi connectivity index (χ1n) is 7.15. The maximum Gasteiger partial charge on any atom is 0.293 e. The Balaban J connectivity index is 1.81. The molecule has 2 N–H and O–H groups in total.